The van der Waals surface area contributed by atoms with Gasteiger partial charge in [0.15, 0.2) is 0 Å². The minimum absolute atomic E-state index is 0.0465. The normalized spacial score (nSPS) is 18.1. The summed E-state index contributed by atoms with van der Waals surface area (Å²) in [5.74, 6) is 0.0118. The molecule has 0 spiro atoms. The van der Waals surface area contributed by atoms with Crippen molar-refractivity contribution in [1.29, 1.82) is 0 Å². The van der Waals surface area contributed by atoms with Crippen LogP contribution in [-0.2, 0) is 17.8 Å². The fraction of sp³-hybridized carbons (Fsp3) is 0.486. The highest BCUT2D eigenvalue weighted by atomic mass is 19.1. The maximum absolute atomic E-state index is 16.0. The van der Waals surface area contributed by atoms with E-state index in [-0.39, 0.29) is 11.7 Å². The number of benzene rings is 2. The van der Waals surface area contributed by atoms with Gasteiger partial charge in [-0.1, -0.05) is 19.1 Å². The Kier molecular flexibility index (Phi) is 8.88. The average molecular weight is 575 g/mol. The molecule has 42 heavy (non-hydrogen) atoms. The smallest absolute Gasteiger partial charge is 0.306 e. The summed E-state index contributed by atoms with van der Waals surface area (Å²) in [6.07, 6.45) is 4.79. The van der Waals surface area contributed by atoms with E-state index >= 15 is 4.39 Å². The molecule has 1 fully saturated rings. The zero-order valence-corrected chi connectivity index (χ0v) is 25.6. The van der Waals surface area contributed by atoms with Crippen molar-refractivity contribution in [1.82, 2.24) is 9.88 Å². The standard InChI is InChI=1S/C35H43FN2O4/c1-20(2)38(21(3)4)19-27-15-29(30(36)18-28(27)25-13-14-37-33(17-25)41-6)31-12-11-23-7-10-26(16-32(23)42-31)34(24-8-9-24)22(5)35(39)40/h7,10,13-18,20-22,24,31,34H,8-9,11-12,19H2,1-6H3,(H,39,40)/t22-,31?,34-/m0/s1. The van der Waals surface area contributed by atoms with Crippen molar-refractivity contribution in [3.05, 3.63) is 76.7 Å². The van der Waals surface area contributed by atoms with Gasteiger partial charge < -0.3 is 14.6 Å². The molecule has 0 radical (unpaired) electrons. The first-order chi connectivity index (χ1) is 20.1. The molecule has 1 saturated carbocycles. The highest BCUT2D eigenvalue weighted by Crippen LogP contribution is 2.48. The number of fused-ring (bicyclic) bond motifs is 1. The third kappa shape index (κ3) is 6.31. The Balaban J connectivity index is 1.51. The fourth-order valence-corrected chi connectivity index (χ4v) is 6.52. The van der Waals surface area contributed by atoms with Crippen molar-refractivity contribution < 1.29 is 23.8 Å². The molecule has 1 aliphatic carbocycles. The molecule has 3 atom stereocenters. The van der Waals surface area contributed by atoms with E-state index in [1.54, 1.807) is 26.3 Å². The van der Waals surface area contributed by atoms with Crippen LogP contribution in [0, 0.1) is 17.7 Å². The maximum Gasteiger partial charge on any atom is 0.306 e. The maximum atomic E-state index is 16.0. The van der Waals surface area contributed by atoms with Crippen molar-refractivity contribution >= 4 is 5.97 Å². The number of hydrogen-bond donors (Lipinski definition) is 1. The second-order valence-corrected chi connectivity index (χ2v) is 12.5. The molecule has 2 aromatic carbocycles. The summed E-state index contributed by atoms with van der Waals surface area (Å²) in [6.45, 7) is 11.2. The highest BCUT2D eigenvalue weighted by molar-refractivity contribution is 5.71. The van der Waals surface area contributed by atoms with Crippen molar-refractivity contribution in [2.75, 3.05) is 7.11 Å². The molecular weight excluding hydrogens is 531 g/mol. The minimum Gasteiger partial charge on any atom is -0.485 e. The van der Waals surface area contributed by atoms with E-state index in [1.165, 1.54) is 0 Å². The first-order valence-corrected chi connectivity index (χ1v) is 15.2. The summed E-state index contributed by atoms with van der Waals surface area (Å²) in [5, 5.41) is 9.75. The van der Waals surface area contributed by atoms with E-state index in [4.69, 9.17) is 9.47 Å². The lowest BCUT2D eigenvalue weighted by Gasteiger charge is -2.32. The van der Waals surface area contributed by atoms with Gasteiger partial charge >= 0.3 is 5.97 Å². The first kappa shape index (κ1) is 30.0. The number of halogens is 1. The van der Waals surface area contributed by atoms with Gasteiger partial charge in [0.25, 0.3) is 0 Å². The molecule has 1 unspecified atom stereocenters. The van der Waals surface area contributed by atoms with Crippen LogP contribution in [0.4, 0.5) is 4.39 Å². The second kappa shape index (κ2) is 12.4. The molecule has 7 heteroatoms. The van der Waals surface area contributed by atoms with Crippen LogP contribution in [0.2, 0.25) is 0 Å². The molecule has 0 amide bonds. The van der Waals surface area contributed by atoms with E-state index in [9.17, 15) is 9.90 Å². The number of methoxy groups -OCH3 is 1. The summed E-state index contributed by atoms with van der Waals surface area (Å²) in [4.78, 5) is 18.5. The van der Waals surface area contributed by atoms with Crippen LogP contribution in [0.3, 0.4) is 0 Å². The molecule has 0 bridgehead atoms. The summed E-state index contributed by atoms with van der Waals surface area (Å²) in [6, 6.07) is 14.1. The molecule has 1 N–H and O–H groups in total. The molecule has 2 heterocycles. The van der Waals surface area contributed by atoms with Crippen LogP contribution in [-0.4, -0.2) is 40.2 Å². The van der Waals surface area contributed by atoms with E-state index in [0.29, 0.717) is 42.4 Å². The van der Waals surface area contributed by atoms with E-state index in [0.717, 1.165) is 52.8 Å². The van der Waals surface area contributed by atoms with Crippen LogP contribution >= 0.6 is 0 Å². The average Bonchev–Trinajstić information content (AvgIpc) is 3.80. The van der Waals surface area contributed by atoms with Gasteiger partial charge in [0.2, 0.25) is 5.88 Å². The fourth-order valence-electron chi connectivity index (χ4n) is 6.52. The number of carbonyl (C=O) groups is 1. The number of rotatable bonds is 11. The highest BCUT2D eigenvalue weighted by Gasteiger charge is 2.39. The number of aromatic nitrogens is 1. The van der Waals surface area contributed by atoms with Crippen molar-refractivity contribution in [2.24, 2.45) is 11.8 Å². The Bertz CT molecular complexity index is 1430. The van der Waals surface area contributed by atoms with E-state index in [2.05, 4.69) is 49.7 Å². The molecule has 5 rings (SSSR count). The number of ether oxygens (including phenoxy) is 2. The Morgan fingerprint density at radius 2 is 1.81 bits per heavy atom. The summed E-state index contributed by atoms with van der Waals surface area (Å²) in [5.41, 5.74) is 5.33. The predicted octanol–water partition coefficient (Wildman–Crippen LogP) is 7.80. The SMILES string of the molecule is COc1cc(-c2cc(F)c(C3CCc4ccc([C@H](C5CC5)[C@H](C)C(=O)O)cc4O3)cc2CN(C(C)C)C(C)C)ccn1. The monoisotopic (exact) mass is 574 g/mol. The van der Waals surface area contributed by atoms with E-state index in [1.807, 2.05) is 24.3 Å². The molecule has 0 saturated heterocycles. The van der Waals surface area contributed by atoms with Gasteiger partial charge in [-0.15, -0.1) is 0 Å². The number of pyridine rings is 1. The number of aryl methyl sites for hydroxylation is 1. The zero-order chi connectivity index (χ0) is 30.1. The number of aliphatic carboxylic acids is 1. The molecule has 2 aliphatic rings. The third-order valence-corrected chi connectivity index (χ3v) is 8.98. The predicted molar refractivity (Wildman–Crippen MR) is 162 cm³/mol. The summed E-state index contributed by atoms with van der Waals surface area (Å²) < 4.78 is 27.9. The number of hydrogen-bond acceptors (Lipinski definition) is 5. The number of nitrogens with zero attached hydrogens (tertiary/aromatic N) is 2. The lowest BCUT2D eigenvalue weighted by Crippen LogP contribution is -2.36. The second-order valence-electron chi connectivity index (χ2n) is 12.5. The van der Waals surface area contributed by atoms with Crippen LogP contribution in [0.1, 0.15) is 88.2 Å². The number of carboxylic acids is 1. The molecular formula is C35H43FN2O4. The van der Waals surface area contributed by atoms with Crippen molar-refractivity contribution in [2.45, 2.75) is 91.0 Å². The summed E-state index contributed by atoms with van der Waals surface area (Å²) >= 11 is 0. The first-order valence-electron chi connectivity index (χ1n) is 15.2. The van der Waals surface area contributed by atoms with Crippen LogP contribution in [0.5, 0.6) is 11.6 Å². The van der Waals surface area contributed by atoms with Crippen LogP contribution < -0.4 is 9.47 Å². The minimum atomic E-state index is -0.776. The van der Waals surface area contributed by atoms with Gasteiger partial charge in [-0.05, 0) is 117 Å². The lowest BCUT2D eigenvalue weighted by atomic mass is 9.82. The van der Waals surface area contributed by atoms with Gasteiger partial charge in [-0.25, -0.2) is 9.37 Å². The van der Waals surface area contributed by atoms with Crippen LogP contribution in [0.15, 0.2) is 48.7 Å². The molecule has 6 nitrogen and oxygen atoms in total. The van der Waals surface area contributed by atoms with Gasteiger partial charge in [-0.2, -0.15) is 0 Å². The largest absolute Gasteiger partial charge is 0.485 e. The Hall–Kier alpha value is -3.45. The Labute approximate surface area is 248 Å². The quantitative estimate of drug-likeness (QED) is 0.252. The molecule has 1 aromatic heterocycles. The van der Waals surface area contributed by atoms with Crippen molar-refractivity contribution in [3.8, 4) is 22.8 Å². The van der Waals surface area contributed by atoms with Gasteiger partial charge in [0.1, 0.15) is 17.7 Å². The van der Waals surface area contributed by atoms with E-state index < -0.39 is 18.0 Å². The van der Waals surface area contributed by atoms with Gasteiger partial charge in [0.05, 0.1) is 13.0 Å². The Morgan fingerprint density at radius 3 is 2.45 bits per heavy atom. The van der Waals surface area contributed by atoms with Crippen molar-refractivity contribution in [3.63, 3.8) is 0 Å². The van der Waals surface area contributed by atoms with Gasteiger partial charge in [-0.3, -0.25) is 9.69 Å². The Morgan fingerprint density at radius 1 is 1.07 bits per heavy atom. The molecule has 1 aliphatic heterocycles. The third-order valence-electron chi connectivity index (χ3n) is 8.98. The zero-order valence-electron chi connectivity index (χ0n) is 25.6. The number of carboxylic acid groups (broad SMARTS) is 1. The molecule has 3 aromatic rings. The topological polar surface area (TPSA) is 71.9 Å². The van der Waals surface area contributed by atoms with Crippen LogP contribution in [0.25, 0.3) is 11.1 Å². The summed E-state index contributed by atoms with van der Waals surface area (Å²) in [7, 11) is 1.58. The van der Waals surface area contributed by atoms with Gasteiger partial charge in [0, 0.05) is 36.5 Å². The lowest BCUT2D eigenvalue weighted by molar-refractivity contribution is -0.142. The molecule has 224 valence electrons.